The summed E-state index contributed by atoms with van der Waals surface area (Å²) in [4.78, 5) is 41.3. The summed E-state index contributed by atoms with van der Waals surface area (Å²) in [6, 6.07) is 0. The fraction of sp³-hybridized carbons (Fsp3) is 0.930. The smallest absolute Gasteiger partial charge is 0.410 e. The second kappa shape index (κ2) is 29.9. The predicted molar refractivity (Wildman–Crippen MR) is 230 cm³/mol. The number of rotatable bonds is 31. The number of carbonyl (C=O) groups is 3. The average molecular weight is 819 g/mol. The lowest BCUT2D eigenvalue weighted by atomic mass is 10.0. The van der Waals surface area contributed by atoms with Crippen molar-refractivity contribution in [3.63, 3.8) is 0 Å². The molecule has 0 aromatic heterocycles. The molecule has 0 bridgehead atoms. The van der Waals surface area contributed by atoms with Gasteiger partial charge >= 0.3 is 18.3 Å². The lowest BCUT2D eigenvalue weighted by Gasteiger charge is -2.29. The molecule has 0 aliphatic rings. The molecule has 0 saturated heterocycles. The molecule has 0 aromatic rings. The van der Waals surface area contributed by atoms with Crippen LogP contribution in [0.1, 0.15) is 198 Å². The minimum atomic E-state index is -3.39. The van der Waals surface area contributed by atoms with Gasteiger partial charge in [-0.25, -0.2) is 27.5 Å². The van der Waals surface area contributed by atoms with Crippen molar-refractivity contribution in [2.24, 2.45) is 0 Å². The third-order valence-electron chi connectivity index (χ3n) is 8.88. The van der Waals surface area contributed by atoms with Crippen molar-refractivity contribution in [3.8, 4) is 0 Å². The van der Waals surface area contributed by atoms with Crippen molar-refractivity contribution in [1.82, 2.24) is 19.8 Å². The number of hydrogen-bond donors (Lipinski definition) is 2. The van der Waals surface area contributed by atoms with Gasteiger partial charge in [0.05, 0.1) is 5.75 Å². The lowest BCUT2D eigenvalue weighted by molar-refractivity contribution is 0.0207. The SMILES string of the molecule is CCCCCCCCCCCCCCCCCCS(=O)(=O)NCCCN(CCCCN(CCCNC(=O)OC(C)(C)C)C(=O)OC(C)(C)C)C(=O)OC(C)(C)C. The maximum Gasteiger partial charge on any atom is 0.410 e. The molecule has 0 heterocycles. The Bertz CT molecular complexity index is 1150. The van der Waals surface area contributed by atoms with Crippen LogP contribution >= 0.6 is 0 Å². The number of alkyl carbamates (subject to hydrolysis) is 1. The predicted octanol–water partition coefficient (Wildman–Crippen LogP) is 10.7. The number of nitrogens with zero attached hydrogens (tertiary/aromatic N) is 2. The van der Waals surface area contributed by atoms with Gasteiger partial charge in [0, 0.05) is 39.3 Å². The Morgan fingerprint density at radius 3 is 1.18 bits per heavy atom. The Labute approximate surface area is 343 Å². The molecular weight excluding hydrogens is 733 g/mol. The van der Waals surface area contributed by atoms with E-state index >= 15 is 0 Å². The van der Waals surface area contributed by atoms with Gasteiger partial charge in [-0.1, -0.05) is 103 Å². The first-order valence-corrected chi connectivity index (χ1v) is 23.7. The summed E-state index contributed by atoms with van der Waals surface area (Å²) in [5.74, 6) is 0.117. The van der Waals surface area contributed by atoms with Gasteiger partial charge in [0.1, 0.15) is 16.8 Å². The van der Waals surface area contributed by atoms with E-state index in [4.69, 9.17) is 14.2 Å². The molecule has 0 spiro atoms. The average Bonchev–Trinajstić information content (AvgIpc) is 3.05. The van der Waals surface area contributed by atoms with Crippen LogP contribution in [0.15, 0.2) is 0 Å². The monoisotopic (exact) mass is 819 g/mol. The molecule has 12 nitrogen and oxygen atoms in total. The molecule has 3 amide bonds. The van der Waals surface area contributed by atoms with Gasteiger partial charge in [0.15, 0.2) is 0 Å². The molecule has 332 valence electrons. The fourth-order valence-corrected chi connectivity index (χ4v) is 7.22. The van der Waals surface area contributed by atoms with E-state index in [0.29, 0.717) is 64.8 Å². The molecule has 0 unspecified atom stereocenters. The summed E-state index contributed by atoms with van der Waals surface area (Å²) in [5, 5.41) is 2.72. The van der Waals surface area contributed by atoms with Crippen LogP contribution in [0.25, 0.3) is 0 Å². The number of amides is 3. The molecule has 0 saturated carbocycles. The van der Waals surface area contributed by atoms with E-state index in [1.54, 1.807) is 30.6 Å². The van der Waals surface area contributed by atoms with E-state index in [2.05, 4.69) is 17.0 Å². The number of hydrogen-bond acceptors (Lipinski definition) is 8. The normalized spacial score (nSPS) is 12.3. The van der Waals surface area contributed by atoms with Crippen molar-refractivity contribution >= 4 is 28.3 Å². The van der Waals surface area contributed by atoms with Crippen LogP contribution < -0.4 is 10.0 Å². The second-order valence-electron chi connectivity index (χ2n) is 18.3. The van der Waals surface area contributed by atoms with Gasteiger partial charge in [-0.3, -0.25) is 0 Å². The summed E-state index contributed by atoms with van der Waals surface area (Å²) in [7, 11) is -3.39. The molecule has 0 radical (unpaired) electrons. The van der Waals surface area contributed by atoms with Crippen LogP contribution in [-0.2, 0) is 24.2 Å². The van der Waals surface area contributed by atoms with E-state index in [9.17, 15) is 22.8 Å². The van der Waals surface area contributed by atoms with Crippen LogP contribution in [0.2, 0.25) is 0 Å². The number of ether oxygens (including phenoxy) is 3. The van der Waals surface area contributed by atoms with Crippen molar-refractivity contribution < 1.29 is 37.0 Å². The minimum absolute atomic E-state index is 0.117. The van der Waals surface area contributed by atoms with Crippen molar-refractivity contribution in [3.05, 3.63) is 0 Å². The van der Waals surface area contributed by atoms with Crippen molar-refractivity contribution in [2.45, 2.75) is 214 Å². The molecule has 0 aromatic carbocycles. The van der Waals surface area contributed by atoms with E-state index in [1.165, 1.54) is 77.0 Å². The zero-order valence-electron chi connectivity index (χ0n) is 37.7. The van der Waals surface area contributed by atoms with Crippen LogP contribution in [0.4, 0.5) is 14.4 Å². The summed E-state index contributed by atoms with van der Waals surface area (Å²) >= 11 is 0. The number of carbonyl (C=O) groups excluding carboxylic acids is 3. The van der Waals surface area contributed by atoms with Gasteiger partial charge in [-0.15, -0.1) is 0 Å². The van der Waals surface area contributed by atoms with Crippen molar-refractivity contribution in [2.75, 3.05) is 45.0 Å². The topological polar surface area (TPSA) is 144 Å². The highest BCUT2D eigenvalue weighted by atomic mass is 32.2. The summed E-state index contributed by atoms with van der Waals surface area (Å²) in [5.41, 5.74) is -1.94. The minimum Gasteiger partial charge on any atom is -0.444 e. The van der Waals surface area contributed by atoms with Crippen molar-refractivity contribution in [1.29, 1.82) is 0 Å². The van der Waals surface area contributed by atoms with E-state index in [-0.39, 0.29) is 12.3 Å². The summed E-state index contributed by atoms with van der Waals surface area (Å²) < 4.78 is 44.6. The highest BCUT2D eigenvalue weighted by Crippen LogP contribution is 2.16. The Kier molecular flexibility index (Phi) is 28.6. The molecule has 0 aliphatic carbocycles. The summed E-state index contributed by atoms with van der Waals surface area (Å²) in [6.07, 6.45) is 20.7. The van der Waals surface area contributed by atoms with Crippen LogP contribution in [0, 0.1) is 0 Å². The first-order chi connectivity index (χ1) is 26.1. The zero-order valence-corrected chi connectivity index (χ0v) is 38.5. The molecule has 0 rings (SSSR count). The standard InChI is InChI=1S/C43H86N4O8S/c1-11-12-13-14-15-16-17-18-19-20-21-22-23-24-25-28-37-56(51,52)45-32-30-36-47(40(50)55-43(8,9)10)34-27-26-33-46(39(49)54-42(5,6)7)35-29-31-44-38(48)53-41(2,3)4/h45H,11-37H2,1-10H3,(H,44,48). The fourth-order valence-electron chi connectivity index (χ4n) is 6.03. The van der Waals surface area contributed by atoms with E-state index < -0.39 is 45.1 Å². The van der Waals surface area contributed by atoms with Gasteiger partial charge < -0.3 is 29.3 Å². The Balaban J connectivity index is 4.61. The zero-order chi connectivity index (χ0) is 42.5. The highest BCUT2D eigenvalue weighted by molar-refractivity contribution is 7.89. The van der Waals surface area contributed by atoms with Gasteiger partial charge in [0.2, 0.25) is 10.0 Å². The van der Waals surface area contributed by atoms with Gasteiger partial charge in [0.25, 0.3) is 0 Å². The van der Waals surface area contributed by atoms with Crippen LogP contribution in [0.3, 0.4) is 0 Å². The van der Waals surface area contributed by atoms with Gasteiger partial charge in [-0.2, -0.15) is 0 Å². The second-order valence-corrected chi connectivity index (χ2v) is 20.2. The molecule has 0 atom stereocenters. The Morgan fingerprint density at radius 1 is 0.464 bits per heavy atom. The molecule has 2 N–H and O–H groups in total. The highest BCUT2D eigenvalue weighted by Gasteiger charge is 2.24. The molecule has 0 aliphatic heterocycles. The maximum absolute atomic E-state index is 13.1. The van der Waals surface area contributed by atoms with Gasteiger partial charge in [-0.05, 0) is 94.4 Å². The lowest BCUT2D eigenvalue weighted by Crippen LogP contribution is -2.41. The summed E-state index contributed by atoms with van der Waals surface area (Å²) in [6.45, 7) is 20.6. The largest absolute Gasteiger partial charge is 0.444 e. The first kappa shape index (κ1) is 53.7. The Hall–Kier alpha value is -2.28. The maximum atomic E-state index is 13.1. The Morgan fingerprint density at radius 2 is 0.804 bits per heavy atom. The number of sulfonamides is 1. The molecular formula is C43H86N4O8S. The third kappa shape index (κ3) is 34.9. The number of nitrogens with one attached hydrogen (secondary N) is 2. The van der Waals surface area contributed by atoms with E-state index in [0.717, 1.165) is 19.3 Å². The first-order valence-electron chi connectivity index (χ1n) is 22.0. The molecule has 56 heavy (non-hydrogen) atoms. The van der Waals surface area contributed by atoms with E-state index in [1.807, 2.05) is 41.5 Å². The molecule has 13 heteroatoms. The van der Waals surface area contributed by atoms with Crippen LogP contribution in [-0.4, -0.2) is 98.3 Å². The number of unbranched alkanes of at least 4 members (excludes halogenated alkanes) is 16. The van der Waals surface area contributed by atoms with Crippen LogP contribution in [0.5, 0.6) is 0 Å². The molecule has 0 fully saturated rings. The quantitative estimate of drug-likeness (QED) is 0.0520. The third-order valence-corrected chi connectivity index (χ3v) is 10.3.